The van der Waals surface area contributed by atoms with Gasteiger partial charge in [0, 0.05) is 38.3 Å². The highest BCUT2D eigenvalue weighted by Crippen LogP contribution is 2.34. The van der Waals surface area contributed by atoms with E-state index < -0.39 is 21.8 Å². The van der Waals surface area contributed by atoms with Crippen LogP contribution in [0.2, 0.25) is 0 Å². The van der Waals surface area contributed by atoms with Crippen LogP contribution in [0.5, 0.6) is 0 Å². The Hall–Kier alpha value is -1.91. The van der Waals surface area contributed by atoms with Gasteiger partial charge >= 0.3 is 6.18 Å². The van der Waals surface area contributed by atoms with Gasteiger partial charge in [0.2, 0.25) is 10.0 Å². The summed E-state index contributed by atoms with van der Waals surface area (Å²) >= 11 is 0. The van der Waals surface area contributed by atoms with E-state index in [1.807, 2.05) is 13.8 Å². The molecule has 0 amide bonds. The first kappa shape index (κ1) is 20.8. The Labute approximate surface area is 162 Å². The van der Waals surface area contributed by atoms with E-state index in [4.69, 9.17) is 4.52 Å². The topological polar surface area (TPSA) is 66.7 Å². The molecule has 1 saturated heterocycles. The van der Waals surface area contributed by atoms with Crippen LogP contribution < -0.4 is 0 Å². The minimum absolute atomic E-state index is 0.00395. The average molecular weight is 417 g/mol. The number of rotatable bonds is 4. The largest absolute Gasteiger partial charge is 0.416 e. The molecular formula is C18H22F3N3O3S. The zero-order valence-corrected chi connectivity index (χ0v) is 16.7. The predicted molar refractivity (Wildman–Crippen MR) is 96.2 cm³/mol. The summed E-state index contributed by atoms with van der Waals surface area (Å²) in [7, 11) is -3.99. The van der Waals surface area contributed by atoms with Gasteiger partial charge < -0.3 is 4.52 Å². The third kappa shape index (κ3) is 4.08. The van der Waals surface area contributed by atoms with Crippen LogP contribution in [-0.4, -0.2) is 49.0 Å². The molecule has 154 valence electrons. The van der Waals surface area contributed by atoms with Crippen molar-refractivity contribution in [1.82, 2.24) is 14.4 Å². The maximum atomic E-state index is 13.1. The number of sulfonamides is 1. The fraction of sp³-hybridized carbons (Fsp3) is 0.500. The van der Waals surface area contributed by atoms with Crippen LogP contribution in [-0.2, 0) is 22.7 Å². The second-order valence-corrected chi connectivity index (χ2v) is 8.90. The third-order valence-electron chi connectivity index (χ3n) is 5.05. The minimum atomic E-state index is -4.59. The minimum Gasteiger partial charge on any atom is -0.361 e. The van der Waals surface area contributed by atoms with E-state index in [1.54, 1.807) is 0 Å². The van der Waals surface area contributed by atoms with Crippen molar-refractivity contribution in [2.24, 2.45) is 0 Å². The van der Waals surface area contributed by atoms with E-state index in [2.05, 4.69) is 10.1 Å². The number of hydrogen-bond donors (Lipinski definition) is 0. The maximum absolute atomic E-state index is 13.1. The molecule has 0 radical (unpaired) electrons. The highest BCUT2D eigenvalue weighted by molar-refractivity contribution is 7.89. The van der Waals surface area contributed by atoms with Gasteiger partial charge in [0.1, 0.15) is 5.76 Å². The lowest BCUT2D eigenvalue weighted by molar-refractivity contribution is -0.138. The van der Waals surface area contributed by atoms with Crippen molar-refractivity contribution in [1.29, 1.82) is 0 Å². The number of aromatic nitrogens is 1. The number of benzene rings is 1. The van der Waals surface area contributed by atoms with Gasteiger partial charge in [-0.15, -0.1) is 0 Å². The fourth-order valence-electron chi connectivity index (χ4n) is 3.30. The Kier molecular flexibility index (Phi) is 5.57. The van der Waals surface area contributed by atoms with Gasteiger partial charge in [-0.2, -0.15) is 17.5 Å². The quantitative estimate of drug-likeness (QED) is 0.765. The molecule has 1 aliphatic rings. The highest BCUT2D eigenvalue weighted by Gasteiger charge is 2.35. The predicted octanol–water partition coefficient (Wildman–Crippen LogP) is 3.13. The summed E-state index contributed by atoms with van der Waals surface area (Å²) in [4.78, 5) is 1.75. The van der Waals surface area contributed by atoms with Gasteiger partial charge in [-0.3, -0.25) is 4.90 Å². The van der Waals surface area contributed by atoms with Gasteiger partial charge in [0.25, 0.3) is 0 Å². The SMILES string of the molecule is Cc1ccc(S(=O)(=O)N2CCN(Cc3c(C)noc3C)CC2)cc1C(F)(F)F. The van der Waals surface area contributed by atoms with Crippen LogP contribution in [0.4, 0.5) is 13.2 Å². The number of hydrogen-bond acceptors (Lipinski definition) is 5. The van der Waals surface area contributed by atoms with E-state index in [0.29, 0.717) is 19.6 Å². The molecule has 28 heavy (non-hydrogen) atoms. The Morgan fingerprint density at radius 1 is 1.11 bits per heavy atom. The molecule has 3 rings (SSSR count). The van der Waals surface area contributed by atoms with Gasteiger partial charge in [-0.25, -0.2) is 8.42 Å². The van der Waals surface area contributed by atoms with Crippen molar-refractivity contribution < 1.29 is 26.1 Å². The summed E-state index contributed by atoms with van der Waals surface area (Å²) in [5.41, 5.74) is 0.845. The van der Waals surface area contributed by atoms with Crippen LogP contribution in [0.15, 0.2) is 27.6 Å². The molecule has 1 fully saturated rings. The van der Waals surface area contributed by atoms with E-state index in [0.717, 1.165) is 23.1 Å². The Morgan fingerprint density at radius 2 is 1.75 bits per heavy atom. The lowest BCUT2D eigenvalue weighted by Crippen LogP contribution is -2.48. The molecule has 0 bridgehead atoms. The molecule has 1 aliphatic heterocycles. The molecule has 2 aromatic rings. The van der Waals surface area contributed by atoms with Crippen LogP contribution in [0.1, 0.15) is 28.1 Å². The number of piperazine rings is 1. The van der Waals surface area contributed by atoms with Crippen molar-refractivity contribution in [2.75, 3.05) is 26.2 Å². The molecule has 0 atom stereocenters. The zero-order chi connectivity index (χ0) is 20.7. The lowest BCUT2D eigenvalue weighted by Gasteiger charge is -2.34. The second-order valence-electron chi connectivity index (χ2n) is 6.96. The first-order valence-electron chi connectivity index (χ1n) is 8.82. The van der Waals surface area contributed by atoms with E-state index in [1.165, 1.54) is 23.4 Å². The molecule has 0 N–H and O–H groups in total. The summed E-state index contributed by atoms with van der Waals surface area (Å²) in [6, 6.07) is 3.15. The van der Waals surface area contributed by atoms with Gasteiger partial charge in [0.15, 0.2) is 0 Å². The van der Waals surface area contributed by atoms with Crippen LogP contribution in [0.25, 0.3) is 0 Å². The summed E-state index contributed by atoms with van der Waals surface area (Å²) in [6.45, 7) is 6.95. The van der Waals surface area contributed by atoms with Crippen molar-refractivity contribution in [3.05, 3.63) is 46.3 Å². The lowest BCUT2D eigenvalue weighted by atomic mass is 10.1. The molecule has 0 saturated carbocycles. The Bertz CT molecular complexity index is 943. The van der Waals surface area contributed by atoms with Crippen molar-refractivity contribution in [3.8, 4) is 0 Å². The summed E-state index contributed by atoms with van der Waals surface area (Å²) in [6.07, 6.45) is -4.59. The average Bonchev–Trinajstić information content (AvgIpc) is 2.93. The maximum Gasteiger partial charge on any atom is 0.416 e. The Balaban J connectivity index is 1.73. The number of halogens is 3. The number of alkyl halides is 3. The molecule has 1 aromatic carbocycles. The van der Waals surface area contributed by atoms with Crippen molar-refractivity contribution >= 4 is 10.0 Å². The summed E-state index contributed by atoms with van der Waals surface area (Å²) < 4.78 is 71.4. The summed E-state index contributed by atoms with van der Waals surface area (Å²) in [5.74, 6) is 0.729. The number of aryl methyl sites for hydroxylation is 3. The van der Waals surface area contributed by atoms with Gasteiger partial charge in [-0.05, 0) is 38.5 Å². The van der Waals surface area contributed by atoms with Crippen molar-refractivity contribution in [2.45, 2.75) is 38.4 Å². The first-order valence-corrected chi connectivity index (χ1v) is 10.3. The third-order valence-corrected chi connectivity index (χ3v) is 6.94. The van der Waals surface area contributed by atoms with Gasteiger partial charge in [-0.1, -0.05) is 11.2 Å². The molecule has 6 nitrogen and oxygen atoms in total. The zero-order valence-electron chi connectivity index (χ0n) is 15.9. The first-order chi connectivity index (χ1) is 13.0. The molecular weight excluding hydrogens is 395 g/mol. The van der Waals surface area contributed by atoms with Crippen molar-refractivity contribution in [3.63, 3.8) is 0 Å². The standard InChI is InChI=1S/C18H22F3N3O3S/c1-12-4-5-15(10-17(12)18(19,20)21)28(25,26)24-8-6-23(7-9-24)11-16-13(2)22-27-14(16)3/h4-5,10H,6-9,11H2,1-3H3. The monoisotopic (exact) mass is 417 g/mol. The van der Waals surface area contributed by atoms with E-state index in [9.17, 15) is 21.6 Å². The molecule has 10 heteroatoms. The second kappa shape index (κ2) is 7.49. The molecule has 1 aromatic heterocycles. The molecule has 0 spiro atoms. The van der Waals surface area contributed by atoms with Gasteiger partial charge in [0.05, 0.1) is 16.2 Å². The molecule has 0 unspecified atom stereocenters. The van der Waals surface area contributed by atoms with Crippen LogP contribution in [0, 0.1) is 20.8 Å². The van der Waals surface area contributed by atoms with Crippen LogP contribution in [0.3, 0.4) is 0 Å². The number of nitrogens with zero attached hydrogens (tertiary/aromatic N) is 3. The highest BCUT2D eigenvalue weighted by atomic mass is 32.2. The normalized spacial score (nSPS) is 17.2. The Morgan fingerprint density at radius 3 is 2.29 bits per heavy atom. The summed E-state index contributed by atoms with van der Waals surface area (Å²) in [5, 5.41) is 3.91. The molecule has 0 aliphatic carbocycles. The smallest absolute Gasteiger partial charge is 0.361 e. The van der Waals surface area contributed by atoms with E-state index in [-0.39, 0.29) is 23.5 Å². The fourth-order valence-corrected chi connectivity index (χ4v) is 4.74. The van der Waals surface area contributed by atoms with Crippen LogP contribution >= 0.6 is 0 Å². The van der Waals surface area contributed by atoms with E-state index >= 15 is 0 Å². The molecule has 2 heterocycles.